The number of methoxy groups -OCH3 is 1. The Kier molecular flexibility index (Phi) is 5.66. The van der Waals surface area contributed by atoms with E-state index in [1.807, 2.05) is 29.0 Å². The summed E-state index contributed by atoms with van der Waals surface area (Å²) in [5.74, 6) is 0.815. The lowest BCUT2D eigenvalue weighted by atomic mass is 10.0. The Hall–Kier alpha value is -1.93. The van der Waals surface area contributed by atoms with Crippen LogP contribution < -0.4 is 4.74 Å². The molecule has 0 atom stereocenters. The number of rotatable bonds is 7. The molecule has 0 aliphatic heterocycles. The lowest BCUT2D eigenvalue weighted by Crippen LogP contribution is -2.22. The molecule has 1 aromatic carbocycles. The quantitative estimate of drug-likeness (QED) is 0.190. The van der Waals surface area contributed by atoms with E-state index in [4.69, 9.17) is 21.1 Å². The average molecular weight is 446 g/mol. The molecule has 3 heterocycles. The molecule has 0 spiro atoms. The van der Waals surface area contributed by atoms with E-state index in [9.17, 15) is 0 Å². The van der Waals surface area contributed by atoms with Gasteiger partial charge >= 0.3 is 0 Å². The van der Waals surface area contributed by atoms with Crippen LogP contribution in [0.25, 0.3) is 32.2 Å². The van der Waals surface area contributed by atoms with E-state index in [2.05, 4.69) is 41.3 Å². The molecular weight excluding hydrogens is 422 g/mol. The van der Waals surface area contributed by atoms with Crippen molar-refractivity contribution in [2.75, 3.05) is 13.7 Å². The summed E-state index contributed by atoms with van der Waals surface area (Å²) in [7, 11) is 0.564. The van der Waals surface area contributed by atoms with Crippen LogP contribution in [-0.2, 0) is 11.5 Å². The van der Waals surface area contributed by atoms with Gasteiger partial charge in [0.15, 0.2) is 0 Å². The van der Waals surface area contributed by atoms with Gasteiger partial charge in [0.2, 0.25) is 0 Å². The fourth-order valence-electron chi connectivity index (χ4n) is 3.27. The van der Waals surface area contributed by atoms with Gasteiger partial charge in [-0.3, -0.25) is 0 Å². The zero-order valence-corrected chi connectivity index (χ0v) is 19.6. The summed E-state index contributed by atoms with van der Waals surface area (Å²) in [6.45, 7) is 8.24. The van der Waals surface area contributed by atoms with Crippen LogP contribution in [-0.4, -0.2) is 35.7 Å². The lowest BCUT2D eigenvalue weighted by molar-refractivity contribution is 0.0899. The molecule has 0 radical (unpaired) electrons. The lowest BCUT2D eigenvalue weighted by Gasteiger charge is -2.15. The Morgan fingerprint density at radius 1 is 1.17 bits per heavy atom. The highest BCUT2D eigenvalue weighted by molar-refractivity contribution is 7.13. The molecule has 5 nitrogen and oxygen atoms in total. The molecule has 0 amide bonds. The van der Waals surface area contributed by atoms with Gasteiger partial charge in [-0.15, -0.1) is 0 Å². The zero-order valence-electron chi connectivity index (χ0n) is 17.0. The first-order chi connectivity index (χ1) is 13.9. The molecule has 0 saturated heterocycles. The molecule has 0 bridgehead atoms. The summed E-state index contributed by atoms with van der Waals surface area (Å²) in [6.07, 6.45) is 3.96. The maximum absolute atomic E-state index is 6.20. The largest absolute Gasteiger partial charge is 0.496 e. The van der Waals surface area contributed by atoms with Crippen molar-refractivity contribution < 1.29 is 9.47 Å². The van der Waals surface area contributed by atoms with E-state index in [-0.39, 0.29) is 0 Å². The molecule has 4 aromatic rings. The smallest absolute Gasteiger partial charge is 0.144 e. The first-order valence-electron chi connectivity index (χ1n) is 9.52. The van der Waals surface area contributed by atoms with Gasteiger partial charge in [0, 0.05) is 55.0 Å². The Bertz CT molecular complexity index is 1170. The number of benzene rings is 1. The van der Waals surface area contributed by atoms with Crippen molar-refractivity contribution in [1.29, 1.82) is 0 Å². The third-order valence-electron chi connectivity index (χ3n) is 4.88. The van der Waals surface area contributed by atoms with E-state index in [0.717, 1.165) is 50.6 Å². The van der Waals surface area contributed by atoms with E-state index in [0.29, 0.717) is 11.9 Å². The topological polar surface area (TPSA) is 49.2 Å². The van der Waals surface area contributed by atoms with Crippen LogP contribution in [0.5, 0.6) is 5.75 Å². The van der Waals surface area contributed by atoms with E-state index in [1.54, 1.807) is 7.11 Å². The van der Waals surface area contributed by atoms with Gasteiger partial charge in [0.1, 0.15) is 23.3 Å². The molecule has 0 aliphatic rings. The van der Waals surface area contributed by atoms with Gasteiger partial charge in [0.25, 0.3) is 0 Å². The van der Waals surface area contributed by atoms with Gasteiger partial charge in [-0.2, -0.15) is 4.37 Å². The van der Waals surface area contributed by atoms with Crippen LogP contribution in [0.1, 0.15) is 0 Å². The maximum Gasteiger partial charge on any atom is 0.144 e. The van der Waals surface area contributed by atoms with Crippen LogP contribution in [0.15, 0.2) is 36.7 Å². The summed E-state index contributed by atoms with van der Waals surface area (Å²) < 4.78 is 19.1. The van der Waals surface area contributed by atoms with Crippen molar-refractivity contribution in [3.05, 3.63) is 41.8 Å². The molecule has 0 aliphatic carbocycles. The minimum Gasteiger partial charge on any atom is -0.496 e. The first-order valence-corrected chi connectivity index (χ1v) is 14.4. The predicted octanol–water partition coefficient (Wildman–Crippen LogP) is 6.29. The molecule has 4 rings (SSSR count). The highest BCUT2D eigenvalue weighted by atomic mass is 35.5. The number of fused-ring (bicyclic) bond motifs is 2. The number of nitrogens with zero attached hydrogens (tertiary/aromatic N) is 3. The maximum atomic E-state index is 6.20. The van der Waals surface area contributed by atoms with E-state index >= 15 is 0 Å². The summed E-state index contributed by atoms with van der Waals surface area (Å²) in [5, 5.41) is 2.58. The molecule has 0 N–H and O–H groups in total. The van der Waals surface area contributed by atoms with Crippen molar-refractivity contribution in [2.24, 2.45) is 0 Å². The third kappa shape index (κ3) is 4.33. The highest BCUT2D eigenvalue weighted by Gasteiger charge is 2.18. The molecule has 0 saturated carbocycles. The standard InChI is InChI=1S/C21H24ClN3O2SSi/c1-26-18-10-19-14(11-23-28-19)9-16(18)17-12-25(13-27-7-8-29(2,3)4)21-15(17)5-6-20(22)24-21/h5-6,9-12H,7-8,13H2,1-4H3. The number of ether oxygens (including phenoxy) is 2. The Morgan fingerprint density at radius 2 is 2.00 bits per heavy atom. The molecule has 152 valence electrons. The van der Waals surface area contributed by atoms with Crippen LogP contribution >= 0.6 is 23.1 Å². The number of hydrogen-bond acceptors (Lipinski definition) is 5. The first kappa shape index (κ1) is 20.3. The van der Waals surface area contributed by atoms with E-state index in [1.165, 1.54) is 11.5 Å². The number of pyridine rings is 1. The fourth-order valence-corrected chi connectivity index (χ4v) is 4.83. The monoisotopic (exact) mass is 445 g/mol. The van der Waals surface area contributed by atoms with Crippen molar-refractivity contribution in [1.82, 2.24) is 13.9 Å². The van der Waals surface area contributed by atoms with Gasteiger partial charge in [-0.05, 0) is 35.8 Å². The SMILES string of the molecule is COc1cc2sncc2cc1-c1cn(COCC[Si](C)(C)C)c2nc(Cl)ccc12. The van der Waals surface area contributed by atoms with Gasteiger partial charge in [-0.1, -0.05) is 31.2 Å². The Labute approximate surface area is 180 Å². The van der Waals surface area contributed by atoms with Crippen LogP contribution in [0, 0.1) is 0 Å². The van der Waals surface area contributed by atoms with Gasteiger partial charge in [0.05, 0.1) is 11.8 Å². The summed E-state index contributed by atoms with van der Waals surface area (Å²) in [6, 6.07) is 9.12. The molecule has 8 heteroatoms. The molecule has 3 aromatic heterocycles. The summed E-state index contributed by atoms with van der Waals surface area (Å²) in [5.41, 5.74) is 2.86. The van der Waals surface area contributed by atoms with Crippen molar-refractivity contribution >= 4 is 52.3 Å². The highest BCUT2D eigenvalue weighted by Crippen LogP contribution is 2.39. The number of aromatic nitrogens is 3. The van der Waals surface area contributed by atoms with E-state index < -0.39 is 8.07 Å². The van der Waals surface area contributed by atoms with Crippen molar-refractivity contribution in [3.8, 4) is 16.9 Å². The predicted molar refractivity (Wildman–Crippen MR) is 124 cm³/mol. The summed E-state index contributed by atoms with van der Waals surface area (Å²) in [4.78, 5) is 4.56. The minimum absolute atomic E-state index is 0.443. The normalized spacial score (nSPS) is 12.2. The Balaban J connectivity index is 1.75. The second-order valence-corrected chi connectivity index (χ2v) is 15.1. The third-order valence-corrected chi connectivity index (χ3v) is 7.56. The average Bonchev–Trinajstić information content (AvgIpc) is 3.27. The zero-order chi connectivity index (χ0) is 20.6. The molecule has 29 heavy (non-hydrogen) atoms. The van der Waals surface area contributed by atoms with Gasteiger partial charge < -0.3 is 14.0 Å². The molecular formula is C21H24ClN3O2SSi. The summed E-state index contributed by atoms with van der Waals surface area (Å²) >= 11 is 7.66. The van der Waals surface area contributed by atoms with Crippen molar-refractivity contribution in [2.45, 2.75) is 32.4 Å². The number of halogens is 1. The van der Waals surface area contributed by atoms with Crippen LogP contribution in [0.2, 0.25) is 30.8 Å². The Morgan fingerprint density at radius 3 is 2.76 bits per heavy atom. The van der Waals surface area contributed by atoms with Gasteiger partial charge in [-0.25, -0.2) is 4.98 Å². The second kappa shape index (κ2) is 8.06. The molecule has 0 unspecified atom stereocenters. The van der Waals surface area contributed by atoms with Crippen LogP contribution in [0.4, 0.5) is 0 Å². The second-order valence-electron chi connectivity index (χ2n) is 8.28. The number of hydrogen-bond donors (Lipinski definition) is 0. The van der Waals surface area contributed by atoms with Crippen LogP contribution in [0.3, 0.4) is 0 Å². The van der Waals surface area contributed by atoms with Crippen molar-refractivity contribution in [3.63, 3.8) is 0 Å². The fraction of sp³-hybridized carbons (Fsp3) is 0.333. The molecule has 0 fully saturated rings. The minimum atomic E-state index is -1.13.